The molecule has 2 aliphatic heterocycles. The molecule has 10 nitrogen and oxygen atoms in total. The minimum Gasteiger partial charge on any atom is -0.404 e. The lowest BCUT2D eigenvalue weighted by molar-refractivity contribution is -0.194. The number of hydrogen-bond acceptors (Lipinski definition) is 9. The molecule has 0 radical (unpaired) electrons. The Kier molecular flexibility index (Phi) is 5.99. The first-order chi connectivity index (χ1) is 15.1. The highest BCUT2D eigenvalue weighted by Crippen LogP contribution is 2.56. The summed E-state index contributed by atoms with van der Waals surface area (Å²) in [5.41, 5.74) is 1.77. The molecule has 1 saturated heterocycles. The van der Waals surface area contributed by atoms with E-state index in [1.165, 1.54) is 6.07 Å². The van der Waals surface area contributed by atoms with E-state index in [1.54, 1.807) is 18.2 Å². The molecule has 3 N–H and O–H groups in total. The van der Waals surface area contributed by atoms with Gasteiger partial charge in [0.15, 0.2) is 18.0 Å². The average molecular weight is 498 g/mol. The van der Waals surface area contributed by atoms with Crippen molar-refractivity contribution in [1.82, 2.24) is 9.55 Å². The summed E-state index contributed by atoms with van der Waals surface area (Å²) in [6.45, 7) is -1.48. The second kappa shape index (κ2) is 8.32. The van der Waals surface area contributed by atoms with Crippen molar-refractivity contribution in [3.8, 4) is 5.75 Å². The zero-order valence-electron chi connectivity index (χ0n) is 15.9. The topological polar surface area (TPSA) is 135 Å². The molecular weight excluding hydrogens is 482 g/mol. The molecule has 4 rings (SSSR count). The van der Waals surface area contributed by atoms with Gasteiger partial charge in [0.05, 0.1) is 18.2 Å². The predicted octanol–water partition coefficient (Wildman–Crippen LogP) is 2.44. The molecule has 2 aromatic rings. The molecule has 32 heavy (non-hydrogen) atoms. The number of benzene rings is 1. The van der Waals surface area contributed by atoms with Crippen LogP contribution >= 0.6 is 19.4 Å². The Hall–Kier alpha value is -2.15. The smallest absolute Gasteiger partial charge is 0.404 e. The first kappa shape index (κ1) is 23.0. The highest BCUT2D eigenvalue weighted by molar-refractivity contribution is 7.49. The summed E-state index contributed by atoms with van der Waals surface area (Å²) in [5, 5.41) is 10.0. The maximum absolute atomic E-state index is 14.8. The molecule has 174 valence electrons. The Morgan fingerprint density at radius 1 is 1.44 bits per heavy atom. The number of aliphatic hydroxyl groups is 1. The number of phosphoric acid groups is 1. The van der Waals surface area contributed by atoms with E-state index in [4.69, 9.17) is 35.6 Å². The van der Waals surface area contributed by atoms with Gasteiger partial charge in [-0.1, -0.05) is 29.8 Å². The Morgan fingerprint density at radius 2 is 2.16 bits per heavy atom. The normalized spacial score (nSPS) is 32.0. The quantitative estimate of drug-likeness (QED) is 0.597. The molecule has 0 saturated carbocycles. The highest BCUT2D eigenvalue weighted by atomic mass is 35.5. The van der Waals surface area contributed by atoms with Crippen LogP contribution in [0, 0.1) is 0 Å². The summed E-state index contributed by atoms with van der Waals surface area (Å²) >= 11 is 5.77. The Bertz CT molecular complexity index is 1140. The van der Waals surface area contributed by atoms with Crippen LogP contribution in [0.2, 0.25) is 5.02 Å². The largest absolute Gasteiger partial charge is 0.530 e. The lowest BCUT2D eigenvalue weighted by atomic mass is 9.97. The van der Waals surface area contributed by atoms with Crippen LogP contribution in [0.4, 0.5) is 19.0 Å². The van der Waals surface area contributed by atoms with Gasteiger partial charge in [0.25, 0.3) is 6.43 Å². The van der Waals surface area contributed by atoms with E-state index in [2.05, 4.69) is 4.98 Å². The van der Waals surface area contributed by atoms with Crippen LogP contribution in [0.3, 0.4) is 0 Å². The number of phosphoric ester groups is 1. The molecular formula is C17H16ClF3N3O7P. The predicted molar refractivity (Wildman–Crippen MR) is 103 cm³/mol. The van der Waals surface area contributed by atoms with E-state index in [-0.39, 0.29) is 23.2 Å². The Balaban J connectivity index is 1.59. The van der Waals surface area contributed by atoms with Crippen molar-refractivity contribution in [3.63, 3.8) is 0 Å². The molecule has 1 fully saturated rings. The van der Waals surface area contributed by atoms with Crippen LogP contribution < -0.4 is 15.9 Å². The van der Waals surface area contributed by atoms with E-state index in [0.717, 1.165) is 6.20 Å². The number of rotatable bonds is 5. The third-order valence-electron chi connectivity index (χ3n) is 5.00. The molecule has 0 spiro atoms. The molecule has 3 heterocycles. The number of nitrogens with two attached hydrogens (primary N) is 1. The molecule has 0 aliphatic carbocycles. The maximum atomic E-state index is 14.8. The van der Waals surface area contributed by atoms with Gasteiger partial charge in [-0.05, 0) is 6.07 Å². The van der Waals surface area contributed by atoms with Crippen LogP contribution in [0.25, 0.3) is 0 Å². The summed E-state index contributed by atoms with van der Waals surface area (Å²) in [6.07, 6.45) is -9.75. The second-order valence-corrected chi connectivity index (χ2v) is 9.01. The number of halogens is 4. The van der Waals surface area contributed by atoms with Crippen molar-refractivity contribution < 1.29 is 41.2 Å². The van der Waals surface area contributed by atoms with E-state index in [0.29, 0.717) is 10.1 Å². The number of hydrogen-bond donors (Lipinski definition) is 2. The van der Waals surface area contributed by atoms with E-state index in [1.807, 2.05) is 0 Å². The van der Waals surface area contributed by atoms with Crippen molar-refractivity contribution in [2.45, 2.75) is 37.1 Å². The molecule has 1 aromatic carbocycles. The Labute approximate surface area is 183 Å². The van der Waals surface area contributed by atoms with E-state index >= 15 is 0 Å². The van der Waals surface area contributed by atoms with E-state index in [9.17, 15) is 27.6 Å². The van der Waals surface area contributed by atoms with E-state index < -0.39 is 50.6 Å². The number of nitrogen functional groups attached to an aromatic ring is 1. The number of para-hydroxylation sites is 1. The molecule has 0 amide bonds. The summed E-state index contributed by atoms with van der Waals surface area (Å²) in [4.78, 5) is 15.4. The van der Waals surface area contributed by atoms with Gasteiger partial charge in [-0.2, -0.15) is 4.98 Å². The van der Waals surface area contributed by atoms with Gasteiger partial charge >= 0.3 is 13.5 Å². The molecule has 15 heteroatoms. The fourth-order valence-electron chi connectivity index (χ4n) is 3.25. The van der Waals surface area contributed by atoms with Crippen molar-refractivity contribution in [2.24, 2.45) is 0 Å². The fourth-order valence-corrected chi connectivity index (χ4v) is 4.65. The van der Waals surface area contributed by atoms with Crippen molar-refractivity contribution >= 4 is 25.2 Å². The zero-order valence-corrected chi connectivity index (χ0v) is 17.6. The minimum atomic E-state index is -4.41. The lowest BCUT2D eigenvalue weighted by Gasteiger charge is -2.32. The number of anilines is 1. The van der Waals surface area contributed by atoms with Gasteiger partial charge in [0.2, 0.25) is 0 Å². The minimum absolute atomic E-state index is 0.149. The van der Waals surface area contributed by atoms with Crippen LogP contribution in [-0.4, -0.2) is 45.6 Å². The third-order valence-corrected chi connectivity index (χ3v) is 6.60. The average Bonchev–Trinajstić information content (AvgIpc) is 3.01. The summed E-state index contributed by atoms with van der Waals surface area (Å²) < 4.78 is 76.4. The molecule has 2 aliphatic rings. The molecule has 1 aromatic heterocycles. The molecule has 5 unspecified atom stereocenters. The van der Waals surface area contributed by atoms with Crippen LogP contribution in [0.15, 0.2) is 35.3 Å². The first-order valence-electron chi connectivity index (χ1n) is 9.05. The Morgan fingerprint density at radius 3 is 2.88 bits per heavy atom. The second-order valence-electron chi connectivity index (χ2n) is 7.01. The number of aliphatic hydroxyl groups excluding tert-OH is 1. The molecule has 0 bridgehead atoms. The number of nitrogens with zero attached hydrogens (tertiary/aromatic N) is 2. The highest BCUT2D eigenvalue weighted by Gasteiger charge is 2.62. The van der Waals surface area contributed by atoms with Crippen LogP contribution in [0.5, 0.6) is 5.75 Å². The standard InChI is InChI=1S/C17H16ClF3N3O7P/c18-9-5-24(16(26)23-13(9)22)14-11(19)12(25)17(30-14,15(20)21)7-29-32(27)28-6-8-3-1-2-4-10(8)31-32/h1-5,11-12,14-15,25H,6-7H2,(H2,22,23,26). The van der Waals surface area contributed by atoms with Crippen molar-refractivity contribution in [3.05, 3.63) is 51.5 Å². The van der Waals surface area contributed by atoms with Gasteiger partial charge in [0.1, 0.15) is 17.7 Å². The summed E-state index contributed by atoms with van der Waals surface area (Å²) in [6, 6.07) is 6.36. The van der Waals surface area contributed by atoms with Crippen molar-refractivity contribution in [2.75, 3.05) is 12.3 Å². The maximum Gasteiger partial charge on any atom is 0.530 e. The number of fused-ring (bicyclic) bond motifs is 1. The monoisotopic (exact) mass is 497 g/mol. The number of ether oxygens (including phenoxy) is 1. The number of alkyl halides is 3. The third kappa shape index (κ3) is 3.89. The zero-order chi connectivity index (χ0) is 23.3. The fraction of sp³-hybridized carbons (Fsp3) is 0.412. The number of aromatic nitrogens is 2. The van der Waals surface area contributed by atoms with Gasteiger partial charge < -0.3 is 20.1 Å². The van der Waals surface area contributed by atoms with Crippen LogP contribution in [0.1, 0.15) is 11.8 Å². The first-order valence-corrected chi connectivity index (χ1v) is 10.9. The SMILES string of the molecule is Nc1nc(=O)n(C2OC(COP3(=O)OCc4ccccc4O3)(C(F)F)C(O)C2F)cc1Cl. The lowest BCUT2D eigenvalue weighted by Crippen LogP contribution is -2.52. The van der Waals surface area contributed by atoms with Gasteiger partial charge in [-0.15, -0.1) is 0 Å². The van der Waals surface area contributed by atoms with Gasteiger partial charge in [-0.25, -0.2) is 22.5 Å². The summed E-state index contributed by atoms with van der Waals surface area (Å²) in [7, 11) is -4.41. The van der Waals surface area contributed by atoms with Gasteiger partial charge in [-0.3, -0.25) is 13.6 Å². The van der Waals surface area contributed by atoms with Crippen LogP contribution in [-0.2, 0) is 25.0 Å². The molecule has 5 atom stereocenters. The van der Waals surface area contributed by atoms with Gasteiger partial charge in [0, 0.05) is 11.8 Å². The summed E-state index contributed by atoms with van der Waals surface area (Å²) in [5.74, 6) is -0.216. The van der Waals surface area contributed by atoms with Crippen molar-refractivity contribution in [1.29, 1.82) is 0 Å².